The maximum absolute atomic E-state index is 12.8. The maximum Gasteiger partial charge on any atom is 0.123 e. The third-order valence-electron chi connectivity index (χ3n) is 3.12. The van der Waals surface area contributed by atoms with Crippen LogP contribution in [0.2, 0.25) is 0 Å². The molecule has 0 unspecified atom stereocenters. The quantitative estimate of drug-likeness (QED) is 0.867. The van der Waals surface area contributed by atoms with Crippen LogP contribution in [-0.4, -0.2) is 5.11 Å². The van der Waals surface area contributed by atoms with Gasteiger partial charge in [-0.25, -0.2) is 4.39 Å². The molecule has 0 saturated carbocycles. The highest BCUT2D eigenvalue weighted by molar-refractivity contribution is 5.43. The van der Waals surface area contributed by atoms with Crippen LogP contribution < -0.4 is 0 Å². The van der Waals surface area contributed by atoms with E-state index in [-0.39, 0.29) is 5.82 Å². The van der Waals surface area contributed by atoms with Crippen molar-refractivity contribution in [1.29, 1.82) is 0 Å². The third-order valence-corrected chi connectivity index (χ3v) is 3.12. The van der Waals surface area contributed by atoms with Crippen LogP contribution in [0.5, 0.6) is 5.75 Å². The second kappa shape index (κ2) is 5.21. The highest BCUT2D eigenvalue weighted by atomic mass is 19.1. The van der Waals surface area contributed by atoms with E-state index in [1.807, 2.05) is 26.0 Å². The number of rotatable bonds is 3. The van der Waals surface area contributed by atoms with Gasteiger partial charge in [-0.1, -0.05) is 29.8 Å². The smallest absolute Gasteiger partial charge is 0.123 e. The van der Waals surface area contributed by atoms with Crippen LogP contribution in [0.15, 0.2) is 36.4 Å². The first-order valence-electron chi connectivity index (χ1n) is 6.10. The number of aryl methyl sites for hydroxylation is 4. The number of phenolic OH excluding ortho intramolecular Hbond substituents is 1. The Morgan fingerprint density at radius 3 is 2.33 bits per heavy atom. The molecule has 0 heterocycles. The first-order valence-corrected chi connectivity index (χ1v) is 6.10. The zero-order valence-electron chi connectivity index (χ0n) is 10.7. The molecule has 0 bridgehead atoms. The van der Waals surface area contributed by atoms with Crippen molar-refractivity contribution in [2.24, 2.45) is 0 Å². The molecule has 2 aromatic carbocycles. The van der Waals surface area contributed by atoms with E-state index in [0.717, 1.165) is 35.1 Å². The molecule has 18 heavy (non-hydrogen) atoms. The first-order chi connectivity index (χ1) is 8.56. The number of halogens is 1. The lowest BCUT2D eigenvalue weighted by molar-refractivity contribution is 0.463. The number of aromatic hydroxyl groups is 1. The minimum atomic E-state index is -0.215. The van der Waals surface area contributed by atoms with Crippen molar-refractivity contribution in [3.63, 3.8) is 0 Å². The van der Waals surface area contributed by atoms with Gasteiger partial charge in [0, 0.05) is 0 Å². The van der Waals surface area contributed by atoms with Crippen LogP contribution in [-0.2, 0) is 12.8 Å². The Balaban J connectivity index is 2.13. The van der Waals surface area contributed by atoms with Crippen LogP contribution in [0.3, 0.4) is 0 Å². The van der Waals surface area contributed by atoms with Gasteiger partial charge in [-0.05, 0) is 55.5 Å². The van der Waals surface area contributed by atoms with Gasteiger partial charge in [0.05, 0.1) is 0 Å². The van der Waals surface area contributed by atoms with Crippen molar-refractivity contribution < 1.29 is 9.50 Å². The molecule has 1 N–H and O–H groups in total. The predicted molar refractivity (Wildman–Crippen MR) is 71.4 cm³/mol. The fraction of sp³-hybridized carbons (Fsp3) is 0.250. The predicted octanol–water partition coefficient (Wildman–Crippen LogP) is 3.93. The molecule has 0 saturated heterocycles. The van der Waals surface area contributed by atoms with Crippen LogP contribution >= 0.6 is 0 Å². The summed E-state index contributed by atoms with van der Waals surface area (Å²) in [5.41, 5.74) is 4.09. The Morgan fingerprint density at radius 1 is 1.00 bits per heavy atom. The minimum Gasteiger partial charge on any atom is -0.507 e. The molecule has 0 fully saturated rings. The van der Waals surface area contributed by atoms with Crippen molar-refractivity contribution in [3.05, 3.63) is 64.5 Å². The summed E-state index contributed by atoms with van der Waals surface area (Å²) in [6, 6.07) is 10.5. The van der Waals surface area contributed by atoms with Gasteiger partial charge in [-0.2, -0.15) is 0 Å². The summed E-state index contributed by atoms with van der Waals surface area (Å²) < 4.78 is 12.8. The van der Waals surface area contributed by atoms with E-state index >= 15 is 0 Å². The summed E-state index contributed by atoms with van der Waals surface area (Å²) in [5.74, 6) is 0.163. The van der Waals surface area contributed by atoms with E-state index in [2.05, 4.69) is 0 Å². The van der Waals surface area contributed by atoms with Crippen molar-refractivity contribution in [2.45, 2.75) is 26.7 Å². The Morgan fingerprint density at radius 2 is 1.67 bits per heavy atom. The Bertz CT molecular complexity index is 544. The molecule has 0 atom stereocenters. The van der Waals surface area contributed by atoms with Gasteiger partial charge in [0.2, 0.25) is 0 Å². The molecule has 0 aliphatic rings. The van der Waals surface area contributed by atoms with E-state index in [9.17, 15) is 9.50 Å². The van der Waals surface area contributed by atoms with E-state index in [4.69, 9.17) is 0 Å². The molecule has 0 spiro atoms. The van der Waals surface area contributed by atoms with Gasteiger partial charge >= 0.3 is 0 Å². The fourth-order valence-corrected chi connectivity index (χ4v) is 2.17. The summed E-state index contributed by atoms with van der Waals surface area (Å²) in [5, 5.41) is 9.98. The van der Waals surface area contributed by atoms with Crippen molar-refractivity contribution in [3.8, 4) is 5.75 Å². The molecule has 0 radical (unpaired) electrons. The van der Waals surface area contributed by atoms with Crippen LogP contribution in [0, 0.1) is 19.7 Å². The van der Waals surface area contributed by atoms with Gasteiger partial charge < -0.3 is 5.11 Å². The summed E-state index contributed by atoms with van der Waals surface area (Å²) in [6.07, 6.45) is 1.57. The largest absolute Gasteiger partial charge is 0.507 e. The monoisotopic (exact) mass is 244 g/mol. The lowest BCUT2D eigenvalue weighted by Crippen LogP contribution is -1.94. The molecular weight excluding hydrogens is 227 g/mol. The highest BCUT2D eigenvalue weighted by Gasteiger charge is 2.06. The molecule has 94 valence electrons. The second-order valence-electron chi connectivity index (χ2n) is 4.72. The Kier molecular flexibility index (Phi) is 3.66. The lowest BCUT2D eigenvalue weighted by Gasteiger charge is -2.09. The molecule has 2 aromatic rings. The highest BCUT2D eigenvalue weighted by Crippen LogP contribution is 2.25. The average Bonchev–Trinajstić information content (AvgIpc) is 2.34. The van der Waals surface area contributed by atoms with Crippen LogP contribution in [0.4, 0.5) is 4.39 Å². The Hall–Kier alpha value is -1.83. The Labute approximate surface area is 107 Å². The molecule has 1 nitrogen and oxygen atoms in total. The molecule has 0 amide bonds. The number of phenols is 1. The normalized spacial score (nSPS) is 10.6. The third kappa shape index (κ3) is 2.89. The topological polar surface area (TPSA) is 20.2 Å². The van der Waals surface area contributed by atoms with Gasteiger partial charge in [-0.3, -0.25) is 0 Å². The summed E-state index contributed by atoms with van der Waals surface area (Å²) >= 11 is 0. The SMILES string of the molecule is Cc1cc(C)c(O)c(CCc2ccc(F)cc2)c1. The molecule has 2 heteroatoms. The molecule has 0 aliphatic heterocycles. The van der Waals surface area contributed by atoms with Gasteiger partial charge in [-0.15, -0.1) is 0 Å². The average molecular weight is 244 g/mol. The second-order valence-corrected chi connectivity index (χ2v) is 4.72. The summed E-state index contributed by atoms with van der Waals surface area (Å²) in [6.45, 7) is 3.93. The molecular formula is C16H17FO. The lowest BCUT2D eigenvalue weighted by atomic mass is 9.99. The van der Waals surface area contributed by atoms with Crippen molar-refractivity contribution in [1.82, 2.24) is 0 Å². The number of hydrogen-bond acceptors (Lipinski definition) is 1. The summed E-state index contributed by atoms with van der Waals surface area (Å²) in [7, 11) is 0. The summed E-state index contributed by atoms with van der Waals surface area (Å²) in [4.78, 5) is 0. The van der Waals surface area contributed by atoms with Crippen molar-refractivity contribution >= 4 is 0 Å². The van der Waals surface area contributed by atoms with Crippen LogP contribution in [0.25, 0.3) is 0 Å². The minimum absolute atomic E-state index is 0.215. The zero-order valence-corrected chi connectivity index (χ0v) is 10.7. The van der Waals surface area contributed by atoms with E-state index in [1.165, 1.54) is 12.1 Å². The van der Waals surface area contributed by atoms with Gasteiger partial charge in [0.1, 0.15) is 11.6 Å². The zero-order chi connectivity index (χ0) is 13.1. The van der Waals surface area contributed by atoms with Crippen molar-refractivity contribution in [2.75, 3.05) is 0 Å². The molecule has 2 rings (SSSR count). The number of benzene rings is 2. The standard InChI is InChI=1S/C16H17FO/c1-11-9-12(2)16(18)14(10-11)6-3-13-4-7-15(17)8-5-13/h4-5,7-10,18H,3,6H2,1-2H3. The fourth-order valence-electron chi connectivity index (χ4n) is 2.17. The van der Waals surface area contributed by atoms with E-state index < -0.39 is 0 Å². The first kappa shape index (κ1) is 12.6. The molecule has 0 aliphatic carbocycles. The van der Waals surface area contributed by atoms with Gasteiger partial charge in [0.25, 0.3) is 0 Å². The van der Waals surface area contributed by atoms with E-state index in [1.54, 1.807) is 12.1 Å². The maximum atomic E-state index is 12.8. The van der Waals surface area contributed by atoms with Gasteiger partial charge in [0.15, 0.2) is 0 Å². The van der Waals surface area contributed by atoms with Crippen LogP contribution in [0.1, 0.15) is 22.3 Å². The number of hydrogen-bond donors (Lipinski definition) is 1. The van der Waals surface area contributed by atoms with E-state index in [0.29, 0.717) is 5.75 Å². The molecule has 0 aromatic heterocycles.